The molecule has 3 unspecified atom stereocenters. The van der Waals surface area contributed by atoms with Gasteiger partial charge in [-0.2, -0.15) is 0 Å². The summed E-state index contributed by atoms with van der Waals surface area (Å²) in [6.07, 6.45) is 4.31. The van der Waals surface area contributed by atoms with Crippen LogP contribution in [0.1, 0.15) is 49.5 Å². The zero-order valence-electron chi connectivity index (χ0n) is 11.4. The van der Waals surface area contributed by atoms with Crippen LogP contribution < -0.4 is 5.32 Å². The number of rotatable bonds is 6. The topological polar surface area (TPSA) is 101 Å². The highest BCUT2D eigenvalue weighted by atomic mass is 32.1. The number of aromatic nitrogens is 2. The smallest absolute Gasteiger partial charge is 0.303 e. The number of nitrogens with zero attached hydrogens (tertiary/aromatic N) is 2. The molecule has 0 aliphatic carbocycles. The number of carbonyl (C=O) groups is 2. The van der Waals surface area contributed by atoms with E-state index in [1.165, 1.54) is 11.3 Å². The number of aliphatic carboxylic acids is 1. The van der Waals surface area contributed by atoms with Gasteiger partial charge in [0.15, 0.2) is 0 Å². The minimum atomic E-state index is -0.891. The molecule has 8 heteroatoms. The van der Waals surface area contributed by atoms with Gasteiger partial charge in [0.1, 0.15) is 5.01 Å². The van der Waals surface area contributed by atoms with Crippen LogP contribution in [0.25, 0.3) is 0 Å². The number of hydrogen-bond donors (Lipinski definition) is 2. The average Bonchev–Trinajstić information content (AvgIpc) is 3.13. The molecule has 1 aromatic heterocycles. The van der Waals surface area contributed by atoms with Crippen LogP contribution in [0.5, 0.6) is 0 Å². The van der Waals surface area contributed by atoms with E-state index in [0.29, 0.717) is 23.6 Å². The Morgan fingerprint density at radius 2 is 2.19 bits per heavy atom. The second-order valence-corrected chi connectivity index (χ2v) is 6.47. The molecule has 2 aliphatic heterocycles. The maximum atomic E-state index is 11.7. The van der Waals surface area contributed by atoms with Crippen molar-refractivity contribution in [2.24, 2.45) is 0 Å². The lowest BCUT2D eigenvalue weighted by Crippen LogP contribution is -2.13. The van der Waals surface area contributed by atoms with E-state index in [4.69, 9.17) is 9.84 Å². The fourth-order valence-electron chi connectivity index (χ4n) is 2.91. The molecule has 2 aliphatic rings. The summed E-state index contributed by atoms with van der Waals surface area (Å²) < 4.78 is 5.80. The summed E-state index contributed by atoms with van der Waals surface area (Å²) >= 11 is 1.39. The van der Waals surface area contributed by atoms with Gasteiger partial charge in [-0.05, 0) is 25.7 Å². The van der Waals surface area contributed by atoms with Gasteiger partial charge >= 0.3 is 5.97 Å². The van der Waals surface area contributed by atoms with Gasteiger partial charge in [0, 0.05) is 18.8 Å². The Hall–Kier alpha value is -1.54. The van der Waals surface area contributed by atoms with Gasteiger partial charge in [0.25, 0.3) is 0 Å². The minimum Gasteiger partial charge on any atom is -0.481 e. The summed E-state index contributed by atoms with van der Waals surface area (Å²) in [4.78, 5) is 22.1. The standard InChI is InChI=1S/C13H17N3O4S/c17-10(2-1-3-11(18)19)14-13-16-15-12(21-13)8-6-7-4-5-9(8)20-7/h7-9H,1-6H2,(H,18,19)(H,14,16,17). The predicted octanol–water partition coefficient (Wildman–Crippen LogP) is 1.77. The molecule has 2 N–H and O–H groups in total. The van der Waals surface area contributed by atoms with Gasteiger partial charge < -0.3 is 15.2 Å². The summed E-state index contributed by atoms with van der Waals surface area (Å²) in [6, 6.07) is 0. The lowest BCUT2D eigenvalue weighted by atomic mass is 9.90. The number of nitrogens with one attached hydrogen (secondary N) is 1. The molecule has 2 saturated heterocycles. The van der Waals surface area contributed by atoms with Gasteiger partial charge in [-0.3, -0.25) is 9.59 Å². The van der Waals surface area contributed by atoms with E-state index in [1.54, 1.807) is 0 Å². The van der Waals surface area contributed by atoms with Crippen LogP contribution in [-0.2, 0) is 14.3 Å². The molecule has 7 nitrogen and oxygen atoms in total. The third kappa shape index (κ3) is 3.38. The normalized spacial score (nSPS) is 27.0. The molecule has 0 saturated carbocycles. The quantitative estimate of drug-likeness (QED) is 0.830. The first-order valence-electron chi connectivity index (χ1n) is 7.12. The Bertz CT molecular complexity index is 547. The monoisotopic (exact) mass is 311 g/mol. The van der Waals surface area contributed by atoms with Crippen LogP contribution >= 0.6 is 11.3 Å². The highest BCUT2D eigenvalue weighted by Crippen LogP contribution is 2.45. The van der Waals surface area contributed by atoms with E-state index in [1.807, 2.05) is 0 Å². The Kier molecular flexibility index (Phi) is 4.16. The van der Waals surface area contributed by atoms with E-state index < -0.39 is 5.97 Å². The highest BCUT2D eigenvalue weighted by molar-refractivity contribution is 7.15. The van der Waals surface area contributed by atoms with Crippen LogP contribution in [0.15, 0.2) is 0 Å². The molecule has 3 atom stereocenters. The van der Waals surface area contributed by atoms with Crippen molar-refractivity contribution < 1.29 is 19.4 Å². The van der Waals surface area contributed by atoms with E-state index in [2.05, 4.69) is 15.5 Å². The van der Waals surface area contributed by atoms with Gasteiger partial charge in [0.2, 0.25) is 11.0 Å². The molecule has 2 bridgehead atoms. The van der Waals surface area contributed by atoms with Crippen LogP contribution in [-0.4, -0.2) is 39.4 Å². The van der Waals surface area contributed by atoms with Crippen molar-refractivity contribution >= 4 is 28.3 Å². The number of carboxylic acid groups (broad SMARTS) is 1. The Labute approximate surface area is 125 Å². The van der Waals surface area contributed by atoms with E-state index >= 15 is 0 Å². The number of amides is 1. The molecule has 0 spiro atoms. The lowest BCUT2D eigenvalue weighted by Gasteiger charge is -2.14. The summed E-state index contributed by atoms with van der Waals surface area (Å²) in [5, 5.41) is 20.8. The molecular formula is C13H17N3O4S. The first kappa shape index (κ1) is 14.4. The van der Waals surface area contributed by atoms with E-state index in [0.717, 1.165) is 24.3 Å². The molecule has 2 fully saturated rings. The first-order chi connectivity index (χ1) is 10.1. The zero-order chi connectivity index (χ0) is 14.8. The Balaban J connectivity index is 1.51. The van der Waals surface area contributed by atoms with Crippen molar-refractivity contribution in [3.63, 3.8) is 0 Å². The van der Waals surface area contributed by atoms with Gasteiger partial charge in [0.05, 0.1) is 12.2 Å². The molecule has 3 heterocycles. The number of fused-ring (bicyclic) bond motifs is 2. The lowest BCUT2D eigenvalue weighted by molar-refractivity contribution is -0.137. The summed E-state index contributed by atoms with van der Waals surface area (Å²) in [5.41, 5.74) is 0. The third-order valence-electron chi connectivity index (χ3n) is 3.90. The van der Waals surface area contributed by atoms with Crippen LogP contribution in [0.2, 0.25) is 0 Å². The SMILES string of the molecule is O=C(O)CCCC(=O)Nc1nnc(C2CC3CCC2O3)s1. The summed E-state index contributed by atoms with van der Waals surface area (Å²) in [7, 11) is 0. The van der Waals surface area contributed by atoms with Gasteiger partial charge in [-0.15, -0.1) is 10.2 Å². The molecular weight excluding hydrogens is 294 g/mol. The number of anilines is 1. The molecule has 1 amide bonds. The summed E-state index contributed by atoms with van der Waals surface area (Å²) in [6.45, 7) is 0. The van der Waals surface area contributed by atoms with Gasteiger partial charge in [-0.25, -0.2) is 0 Å². The van der Waals surface area contributed by atoms with Gasteiger partial charge in [-0.1, -0.05) is 11.3 Å². The molecule has 0 radical (unpaired) electrons. The number of carboxylic acids is 1. The highest BCUT2D eigenvalue weighted by Gasteiger charge is 2.43. The van der Waals surface area contributed by atoms with E-state index in [9.17, 15) is 9.59 Å². The van der Waals surface area contributed by atoms with Crippen LogP contribution in [0.4, 0.5) is 5.13 Å². The van der Waals surface area contributed by atoms with Crippen molar-refractivity contribution in [3.05, 3.63) is 5.01 Å². The average molecular weight is 311 g/mol. The maximum absolute atomic E-state index is 11.7. The fraction of sp³-hybridized carbons (Fsp3) is 0.692. The number of ether oxygens (including phenoxy) is 1. The molecule has 3 rings (SSSR count). The zero-order valence-corrected chi connectivity index (χ0v) is 12.3. The molecule has 21 heavy (non-hydrogen) atoms. The van der Waals surface area contributed by atoms with Crippen molar-refractivity contribution in [2.45, 2.75) is 56.7 Å². The fourth-order valence-corrected chi connectivity index (χ4v) is 3.84. The van der Waals surface area contributed by atoms with E-state index in [-0.39, 0.29) is 24.9 Å². The van der Waals surface area contributed by atoms with Crippen molar-refractivity contribution in [1.82, 2.24) is 10.2 Å². The summed E-state index contributed by atoms with van der Waals surface area (Å²) in [5.74, 6) is -0.806. The third-order valence-corrected chi connectivity index (χ3v) is 4.88. The first-order valence-corrected chi connectivity index (χ1v) is 7.94. The van der Waals surface area contributed by atoms with Crippen molar-refractivity contribution in [2.75, 3.05) is 5.32 Å². The minimum absolute atomic E-state index is 0.00271. The van der Waals surface area contributed by atoms with Crippen molar-refractivity contribution in [1.29, 1.82) is 0 Å². The molecule has 0 aromatic carbocycles. The largest absolute Gasteiger partial charge is 0.481 e. The molecule has 1 aromatic rings. The second kappa shape index (κ2) is 6.07. The predicted molar refractivity (Wildman–Crippen MR) is 75.3 cm³/mol. The van der Waals surface area contributed by atoms with Crippen molar-refractivity contribution in [3.8, 4) is 0 Å². The molecule has 114 valence electrons. The Morgan fingerprint density at radius 1 is 1.33 bits per heavy atom. The Morgan fingerprint density at radius 3 is 2.86 bits per heavy atom. The number of carbonyl (C=O) groups excluding carboxylic acids is 1. The van der Waals surface area contributed by atoms with Crippen LogP contribution in [0.3, 0.4) is 0 Å². The number of hydrogen-bond acceptors (Lipinski definition) is 6. The van der Waals surface area contributed by atoms with Crippen LogP contribution in [0, 0.1) is 0 Å². The second-order valence-electron chi connectivity index (χ2n) is 5.46. The maximum Gasteiger partial charge on any atom is 0.303 e.